The number of sulfonamides is 1. The van der Waals surface area contributed by atoms with E-state index in [1.807, 2.05) is 32.3 Å². The van der Waals surface area contributed by atoms with Crippen LogP contribution in [-0.2, 0) is 23.1 Å². The molecule has 0 aromatic carbocycles. The summed E-state index contributed by atoms with van der Waals surface area (Å²) in [5, 5.41) is 3.23. The first-order valence-corrected chi connectivity index (χ1v) is 8.88. The summed E-state index contributed by atoms with van der Waals surface area (Å²) in [6.07, 6.45) is 3.32. The van der Waals surface area contributed by atoms with Crippen LogP contribution in [0.1, 0.15) is 46.2 Å². The maximum absolute atomic E-state index is 12.4. The fraction of sp³-hybridized carbons (Fsp3) is 0.714. The third kappa shape index (κ3) is 4.33. The van der Waals surface area contributed by atoms with Gasteiger partial charge in [-0.1, -0.05) is 20.8 Å². The van der Waals surface area contributed by atoms with E-state index in [1.54, 1.807) is 12.3 Å². The number of nitrogens with zero attached hydrogens (tertiary/aromatic N) is 1. The maximum atomic E-state index is 12.4. The number of rotatable bonds is 9. The lowest BCUT2D eigenvalue weighted by Gasteiger charge is -2.13. The van der Waals surface area contributed by atoms with Gasteiger partial charge in [-0.25, -0.2) is 13.1 Å². The highest BCUT2D eigenvalue weighted by Gasteiger charge is 2.20. The molecular weight excluding hydrogens is 274 g/mol. The molecule has 20 heavy (non-hydrogen) atoms. The largest absolute Gasteiger partial charge is 0.349 e. The van der Waals surface area contributed by atoms with Crippen LogP contribution >= 0.6 is 0 Å². The highest BCUT2D eigenvalue weighted by atomic mass is 32.2. The van der Waals surface area contributed by atoms with Crippen LogP contribution in [0, 0.1) is 0 Å². The summed E-state index contributed by atoms with van der Waals surface area (Å²) >= 11 is 0. The molecule has 0 fully saturated rings. The molecule has 0 aliphatic carbocycles. The SMILES string of the molecule is CCNCc1cc(S(=O)(=O)NC(CC)CC)cn1CC. The van der Waals surface area contributed by atoms with Crippen LogP contribution in [0.4, 0.5) is 0 Å². The van der Waals surface area contributed by atoms with Crippen molar-refractivity contribution in [2.45, 2.75) is 64.6 Å². The Balaban J connectivity index is 2.97. The summed E-state index contributed by atoms with van der Waals surface area (Å²) in [4.78, 5) is 0.360. The van der Waals surface area contributed by atoms with E-state index in [9.17, 15) is 8.42 Å². The smallest absolute Gasteiger partial charge is 0.242 e. The predicted molar refractivity (Wildman–Crippen MR) is 82.2 cm³/mol. The average Bonchev–Trinajstić information content (AvgIpc) is 2.86. The van der Waals surface area contributed by atoms with E-state index in [0.717, 1.165) is 31.6 Å². The zero-order valence-electron chi connectivity index (χ0n) is 12.9. The molecule has 0 aliphatic rings. The monoisotopic (exact) mass is 301 g/mol. The van der Waals surface area contributed by atoms with E-state index < -0.39 is 10.0 Å². The standard InChI is InChI=1S/C14H27N3O2S/c1-5-12(6-2)16-20(18,19)14-9-13(10-15-7-3)17(8-4)11-14/h9,11-12,15-16H,5-8,10H2,1-4H3. The van der Waals surface area contributed by atoms with Gasteiger partial charge in [-0.15, -0.1) is 0 Å². The van der Waals surface area contributed by atoms with Gasteiger partial charge in [-0.05, 0) is 32.4 Å². The fourth-order valence-corrected chi connectivity index (χ4v) is 3.58. The lowest BCUT2D eigenvalue weighted by atomic mass is 10.2. The second kappa shape index (κ2) is 7.81. The molecule has 1 heterocycles. The molecule has 0 radical (unpaired) electrons. The third-order valence-corrected chi connectivity index (χ3v) is 4.96. The highest BCUT2D eigenvalue weighted by molar-refractivity contribution is 7.89. The van der Waals surface area contributed by atoms with Gasteiger partial charge < -0.3 is 9.88 Å². The van der Waals surface area contributed by atoms with Crippen LogP contribution in [-0.4, -0.2) is 25.6 Å². The molecule has 0 aliphatic heterocycles. The van der Waals surface area contributed by atoms with Crippen molar-refractivity contribution in [1.82, 2.24) is 14.6 Å². The minimum absolute atomic E-state index is 0.00203. The van der Waals surface area contributed by atoms with Gasteiger partial charge in [0.25, 0.3) is 0 Å². The Labute approximate surface area is 122 Å². The topological polar surface area (TPSA) is 63.1 Å². The Bertz CT molecular complexity index is 504. The lowest BCUT2D eigenvalue weighted by molar-refractivity contribution is 0.530. The van der Waals surface area contributed by atoms with Gasteiger partial charge in [0.2, 0.25) is 10.0 Å². The van der Waals surface area contributed by atoms with E-state index in [2.05, 4.69) is 10.0 Å². The molecule has 0 unspecified atom stereocenters. The van der Waals surface area contributed by atoms with Crippen LogP contribution in [0.25, 0.3) is 0 Å². The summed E-state index contributed by atoms with van der Waals surface area (Å²) in [5.41, 5.74) is 0.999. The zero-order chi connectivity index (χ0) is 15.2. The van der Waals surface area contributed by atoms with Gasteiger partial charge in [0.1, 0.15) is 0 Å². The molecule has 1 rings (SSSR count). The highest BCUT2D eigenvalue weighted by Crippen LogP contribution is 2.16. The molecule has 6 heteroatoms. The summed E-state index contributed by atoms with van der Waals surface area (Å²) in [6.45, 7) is 10.3. The number of aryl methyl sites for hydroxylation is 1. The van der Waals surface area contributed by atoms with E-state index in [1.165, 1.54) is 0 Å². The Morgan fingerprint density at radius 1 is 1.20 bits per heavy atom. The van der Waals surface area contributed by atoms with Crippen molar-refractivity contribution >= 4 is 10.0 Å². The molecule has 0 atom stereocenters. The number of hydrogen-bond acceptors (Lipinski definition) is 3. The number of nitrogens with one attached hydrogen (secondary N) is 2. The first kappa shape index (κ1) is 17.2. The molecule has 1 aromatic rings. The Kier molecular flexibility index (Phi) is 6.71. The van der Waals surface area contributed by atoms with E-state index in [0.29, 0.717) is 11.4 Å². The van der Waals surface area contributed by atoms with Crippen LogP contribution in [0.5, 0.6) is 0 Å². The number of aromatic nitrogens is 1. The van der Waals surface area contributed by atoms with Crippen molar-refractivity contribution in [3.63, 3.8) is 0 Å². The molecule has 0 saturated carbocycles. The summed E-state index contributed by atoms with van der Waals surface area (Å²) < 4.78 is 29.5. The molecule has 0 amide bonds. The number of hydrogen-bond donors (Lipinski definition) is 2. The van der Waals surface area contributed by atoms with Crippen LogP contribution in [0.3, 0.4) is 0 Å². The molecular formula is C14H27N3O2S. The van der Waals surface area contributed by atoms with Crippen LogP contribution < -0.4 is 10.0 Å². The average molecular weight is 301 g/mol. The van der Waals surface area contributed by atoms with E-state index in [-0.39, 0.29) is 6.04 Å². The van der Waals surface area contributed by atoms with Crippen LogP contribution in [0.2, 0.25) is 0 Å². The Hall–Kier alpha value is -0.850. The van der Waals surface area contributed by atoms with E-state index >= 15 is 0 Å². The Morgan fingerprint density at radius 2 is 1.85 bits per heavy atom. The summed E-state index contributed by atoms with van der Waals surface area (Å²) in [5.74, 6) is 0. The van der Waals surface area contributed by atoms with Gasteiger partial charge in [0, 0.05) is 31.0 Å². The van der Waals surface area contributed by atoms with Gasteiger partial charge in [-0.2, -0.15) is 0 Å². The maximum Gasteiger partial charge on any atom is 0.242 e. The van der Waals surface area contributed by atoms with Gasteiger partial charge in [0.15, 0.2) is 0 Å². The van der Waals surface area contributed by atoms with E-state index in [4.69, 9.17) is 0 Å². The molecule has 116 valence electrons. The minimum Gasteiger partial charge on any atom is -0.349 e. The quantitative estimate of drug-likeness (QED) is 0.734. The normalized spacial score (nSPS) is 12.2. The predicted octanol–water partition coefficient (Wildman–Crippen LogP) is 2.08. The minimum atomic E-state index is -3.42. The van der Waals surface area contributed by atoms with Crippen molar-refractivity contribution in [2.75, 3.05) is 6.54 Å². The molecule has 2 N–H and O–H groups in total. The molecule has 0 saturated heterocycles. The van der Waals surface area contributed by atoms with Crippen molar-refractivity contribution in [1.29, 1.82) is 0 Å². The van der Waals surface area contributed by atoms with Gasteiger partial charge in [-0.3, -0.25) is 0 Å². The van der Waals surface area contributed by atoms with Gasteiger partial charge in [0.05, 0.1) is 4.90 Å². The van der Waals surface area contributed by atoms with Crippen molar-refractivity contribution in [2.24, 2.45) is 0 Å². The molecule has 0 bridgehead atoms. The summed E-state index contributed by atoms with van der Waals surface area (Å²) in [7, 11) is -3.42. The first-order chi connectivity index (χ1) is 9.48. The lowest BCUT2D eigenvalue weighted by Crippen LogP contribution is -2.33. The van der Waals surface area contributed by atoms with Crippen LogP contribution in [0.15, 0.2) is 17.2 Å². The van der Waals surface area contributed by atoms with Crippen molar-refractivity contribution in [3.8, 4) is 0 Å². The second-order valence-corrected chi connectivity index (χ2v) is 6.58. The zero-order valence-corrected chi connectivity index (χ0v) is 13.8. The van der Waals surface area contributed by atoms with Crippen molar-refractivity contribution in [3.05, 3.63) is 18.0 Å². The second-order valence-electron chi connectivity index (χ2n) is 4.87. The Morgan fingerprint density at radius 3 is 2.35 bits per heavy atom. The fourth-order valence-electron chi connectivity index (χ4n) is 2.11. The molecule has 0 spiro atoms. The molecule has 1 aromatic heterocycles. The third-order valence-electron chi connectivity index (χ3n) is 3.48. The molecule has 5 nitrogen and oxygen atoms in total. The summed E-state index contributed by atoms with van der Waals surface area (Å²) in [6, 6.07) is 1.76. The van der Waals surface area contributed by atoms with Gasteiger partial charge >= 0.3 is 0 Å². The van der Waals surface area contributed by atoms with Crippen molar-refractivity contribution < 1.29 is 8.42 Å². The first-order valence-electron chi connectivity index (χ1n) is 7.40.